The fourth-order valence-corrected chi connectivity index (χ4v) is 1.72. The van der Waals surface area contributed by atoms with Gasteiger partial charge in [-0.1, -0.05) is 29.3 Å². The highest BCUT2D eigenvalue weighted by Crippen LogP contribution is 2.21. The summed E-state index contributed by atoms with van der Waals surface area (Å²) in [6.07, 6.45) is 0. The molecule has 0 spiro atoms. The van der Waals surface area contributed by atoms with Crippen molar-refractivity contribution in [3.63, 3.8) is 0 Å². The minimum absolute atomic E-state index is 0.0403. The molecule has 0 saturated carbocycles. The van der Waals surface area contributed by atoms with E-state index in [1.165, 1.54) is 18.2 Å². The van der Waals surface area contributed by atoms with Crippen molar-refractivity contribution in [3.8, 4) is 5.75 Å². The van der Waals surface area contributed by atoms with E-state index in [1.807, 2.05) is 31.2 Å². The normalized spacial score (nSPS) is 10.2. The summed E-state index contributed by atoms with van der Waals surface area (Å²) in [5.41, 5.74) is 1.81. The number of benzene rings is 2. The smallest absolute Gasteiger partial charge is 0.262 e. The van der Waals surface area contributed by atoms with Crippen LogP contribution in [0.25, 0.3) is 0 Å². The van der Waals surface area contributed by atoms with Gasteiger partial charge in [0, 0.05) is 11.8 Å². The number of amides is 1. The Labute approximate surface area is 121 Å². The monoisotopic (exact) mass is 293 g/mol. The van der Waals surface area contributed by atoms with Crippen LogP contribution in [0.5, 0.6) is 5.75 Å². The Morgan fingerprint density at radius 2 is 1.95 bits per heavy atom. The molecule has 0 radical (unpaired) electrons. The van der Waals surface area contributed by atoms with Gasteiger partial charge in [0.05, 0.1) is 5.02 Å². The predicted octanol–water partition coefficient (Wildman–Crippen LogP) is 3.81. The van der Waals surface area contributed by atoms with Gasteiger partial charge in [0.2, 0.25) is 0 Å². The molecule has 0 bridgehead atoms. The molecule has 2 aromatic rings. The van der Waals surface area contributed by atoms with Gasteiger partial charge in [0.1, 0.15) is 11.6 Å². The van der Waals surface area contributed by atoms with Crippen molar-refractivity contribution in [3.05, 3.63) is 58.9 Å². The minimum atomic E-state index is -0.525. The summed E-state index contributed by atoms with van der Waals surface area (Å²) in [6.45, 7) is 1.79. The molecule has 0 aliphatic rings. The molecule has 104 valence electrons. The quantitative estimate of drug-likeness (QED) is 0.931. The minimum Gasteiger partial charge on any atom is -0.484 e. The average molecular weight is 294 g/mol. The molecule has 1 N–H and O–H groups in total. The number of halogens is 2. The molecule has 2 rings (SSSR count). The van der Waals surface area contributed by atoms with Crippen LogP contribution in [0.2, 0.25) is 5.02 Å². The van der Waals surface area contributed by atoms with E-state index < -0.39 is 5.82 Å². The van der Waals surface area contributed by atoms with Crippen LogP contribution < -0.4 is 10.1 Å². The molecule has 0 aromatic heterocycles. The zero-order valence-electron chi connectivity index (χ0n) is 10.8. The maximum absolute atomic E-state index is 13.0. The molecular formula is C15H13ClFNO2. The van der Waals surface area contributed by atoms with Crippen molar-refractivity contribution >= 4 is 23.2 Å². The van der Waals surface area contributed by atoms with Crippen LogP contribution in [0, 0.1) is 12.7 Å². The summed E-state index contributed by atoms with van der Waals surface area (Å²) in [5, 5.41) is 2.65. The van der Waals surface area contributed by atoms with Crippen molar-refractivity contribution in [1.82, 2.24) is 0 Å². The highest BCUT2D eigenvalue weighted by molar-refractivity contribution is 6.30. The van der Waals surface area contributed by atoms with Crippen LogP contribution in [-0.4, -0.2) is 12.5 Å². The number of nitrogens with one attached hydrogen (secondary N) is 1. The van der Waals surface area contributed by atoms with Gasteiger partial charge in [-0.15, -0.1) is 0 Å². The Kier molecular flexibility index (Phi) is 4.58. The molecule has 0 saturated heterocycles. The lowest BCUT2D eigenvalue weighted by molar-refractivity contribution is -0.118. The Morgan fingerprint density at radius 1 is 1.25 bits per heavy atom. The third-order valence-electron chi connectivity index (χ3n) is 2.60. The van der Waals surface area contributed by atoms with Gasteiger partial charge in [-0.25, -0.2) is 4.39 Å². The van der Waals surface area contributed by atoms with Crippen LogP contribution >= 0.6 is 11.6 Å². The van der Waals surface area contributed by atoms with E-state index in [0.29, 0.717) is 11.4 Å². The summed E-state index contributed by atoms with van der Waals surface area (Å²) < 4.78 is 18.2. The van der Waals surface area contributed by atoms with E-state index in [-0.39, 0.29) is 17.5 Å². The van der Waals surface area contributed by atoms with Crippen LogP contribution in [0.15, 0.2) is 42.5 Å². The van der Waals surface area contributed by atoms with E-state index in [2.05, 4.69) is 5.32 Å². The van der Waals surface area contributed by atoms with Gasteiger partial charge in [0.15, 0.2) is 6.61 Å². The topological polar surface area (TPSA) is 38.3 Å². The maximum Gasteiger partial charge on any atom is 0.262 e. The zero-order chi connectivity index (χ0) is 14.5. The SMILES string of the molecule is Cc1ccc(NC(=O)COc2ccc(F)c(Cl)c2)cc1. The summed E-state index contributed by atoms with van der Waals surface area (Å²) in [6, 6.07) is 11.3. The van der Waals surface area contributed by atoms with Crippen molar-refractivity contribution in [1.29, 1.82) is 0 Å². The third-order valence-corrected chi connectivity index (χ3v) is 2.89. The second-order valence-corrected chi connectivity index (χ2v) is 4.69. The second kappa shape index (κ2) is 6.39. The molecule has 5 heteroatoms. The first-order chi connectivity index (χ1) is 9.54. The predicted molar refractivity (Wildman–Crippen MR) is 76.7 cm³/mol. The molecule has 0 aliphatic carbocycles. The molecule has 20 heavy (non-hydrogen) atoms. The number of hydrogen-bond donors (Lipinski definition) is 1. The van der Waals surface area contributed by atoms with Crippen molar-refractivity contribution < 1.29 is 13.9 Å². The van der Waals surface area contributed by atoms with E-state index in [1.54, 1.807) is 0 Å². The molecule has 2 aromatic carbocycles. The lowest BCUT2D eigenvalue weighted by atomic mass is 10.2. The number of anilines is 1. The Balaban J connectivity index is 1.88. The van der Waals surface area contributed by atoms with Crippen LogP contribution in [0.1, 0.15) is 5.56 Å². The fraction of sp³-hybridized carbons (Fsp3) is 0.133. The van der Waals surface area contributed by atoms with Crippen LogP contribution in [0.3, 0.4) is 0 Å². The van der Waals surface area contributed by atoms with Crippen molar-refractivity contribution in [2.45, 2.75) is 6.92 Å². The lowest BCUT2D eigenvalue weighted by Gasteiger charge is -2.08. The van der Waals surface area contributed by atoms with Crippen LogP contribution in [0.4, 0.5) is 10.1 Å². The van der Waals surface area contributed by atoms with E-state index >= 15 is 0 Å². The molecular weight excluding hydrogens is 281 g/mol. The highest BCUT2D eigenvalue weighted by Gasteiger charge is 2.06. The second-order valence-electron chi connectivity index (χ2n) is 4.28. The van der Waals surface area contributed by atoms with Gasteiger partial charge in [-0.3, -0.25) is 4.79 Å². The van der Waals surface area contributed by atoms with Gasteiger partial charge in [-0.2, -0.15) is 0 Å². The molecule has 0 atom stereocenters. The van der Waals surface area contributed by atoms with E-state index in [4.69, 9.17) is 16.3 Å². The average Bonchev–Trinajstić information content (AvgIpc) is 2.43. The van der Waals surface area contributed by atoms with Gasteiger partial charge < -0.3 is 10.1 Å². The van der Waals surface area contributed by atoms with Gasteiger partial charge in [-0.05, 0) is 31.2 Å². The number of aryl methyl sites for hydroxylation is 1. The van der Waals surface area contributed by atoms with Gasteiger partial charge in [0.25, 0.3) is 5.91 Å². The van der Waals surface area contributed by atoms with E-state index in [9.17, 15) is 9.18 Å². The molecule has 1 amide bonds. The third kappa shape index (κ3) is 3.96. The summed E-state index contributed by atoms with van der Waals surface area (Å²) >= 11 is 5.62. The standard InChI is InChI=1S/C15H13ClFNO2/c1-10-2-4-11(5-3-10)18-15(19)9-20-12-6-7-14(17)13(16)8-12/h2-8H,9H2,1H3,(H,18,19). The first kappa shape index (κ1) is 14.3. The zero-order valence-corrected chi connectivity index (χ0v) is 11.6. The summed E-state index contributed by atoms with van der Waals surface area (Å²) in [5.74, 6) is -0.479. The number of ether oxygens (including phenoxy) is 1. The summed E-state index contributed by atoms with van der Waals surface area (Å²) in [4.78, 5) is 11.7. The van der Waals surface area contributed by atoms with Crippen molar-refractivity contribution in [2.75, 3.05) is 11.9 Å². The summed E-state index contributed by atoms with van der Waals surface area (Å²) in [7, 11) is 0. The van der Waals surface area contributed by atoms with E-state index in [0.717, 1.165) is 5.56 Å². The Hall–Kier alpha value is -2.07. The Morgan fingerprint density at radius 3 is 2.60 bits per heavy atom. The number of carbonyl (C=O) groups excluding carboxylic acids is 1. The van der Waals surface area contributed by atoms with Gasteiger partial charge >= 0.3 is 0 Å². The lowest BCUT2D eigenvalue weighted by Crippen LogP contribution is -2.20. The largest absolute Gasteiger partial charge is 0.484 e. The van der Waals surface area contributed by atoms with Crippen molar-refractivity contribution in [2.24, 2.45) is 0 Å². The fourth-order valence-electron chi connectivity index (χ4n) is 1.55. The number of carbonyl (C=O) groups is 1. The number of hydrogen-bond acceptors (Lipinski definition) is 2. The first-order valence-electron chi connectivity index (χ1n) is 5.99. The van der Waals surface area contributed by atoms with Crippen LogP contribution in [-0.2, 0) is 4.79 Å². The molecule has 0 heterocycles. The molecule has 0 fully saturated rings. The first-order valence-corrected chi connectivity index (χ1v) is 6.37. The highest BCUT2D eigenvalue weighted by atomic mass is 35.5. The number of rotatable bonds is 4. The Bertz CT molecular complexity index is 614. The molecule has 0 aliphatic heterocycles. The molecule has 3 nitrogen and oxygen atoms in total. The maximum atomic E-state index is 13.0. The molecule has 0 unspecified atom stereocenters.